The van der Waals surface area contributed by atoms with E-state index in [9.17, 15) is 4.79 Å². The SMILES string of the molecule is CN(Cc1ccc2c(c1)OCCO2)C(=O)NCC1CCN(c2cccc(Br)c2)C1. The van der Waals surface area contributed by atoms with E-state index < -0.39 is 0 Å². The van der Waals surface area contributed by atoms with Crippen LogP contribution in [0.1, 0.15) is 12.0 Å². The zero-order valence-electron chi connectivity index (χ0n) is 16.6. The van der Waals surface area contributed by atoms with Crippen LogP contribution in [0.4, 0.5) is 10.5 Å². The molecule has 1 unspecified atom stereocenters. The van der Waals surface area contributed by atoms with E-state index in [1.807, 2.05) is 31.3 Å². The molecule has 29 heavy (non-hydrogen) atoms. The molecule has 0 saturated carbocycles. The van der Waals surface area contributed by atoms with E-state index in [0.29, 0.717) is 32.2 Å². The van der Waals surface area contributed by atoms with Gasteiger partial charge in [0.1, 0.15) is 13.2 Å². The standard InChI is InChI=1S/C22H26BrN3O3/c1-25(14-16-5-6-20-21(11-16)29-10-9-28-20)22(27)24-13-17-7-8-26(15-17)19-4-2-3-18(23)12-19/h2-6,11-12,17H,7-10,13-15H2,1H3,(H,24,27). The lowest BCUT2D eigenvalue weighted by Crippen LogP contribution is -2.39. The van der Waals surface area contributed by atoms with E-state index in [1.165, 1.54) is 5.69 Å². The van der Waals surface area contributed by atoms with Gasteiger partial charge in [0.15, 0.2) is 11.5 Å². The maximum absolute atomic E-state index is 12.5. The summed E-state index contributed by atoms with van der Waals surface area (Å²) < 4.78 is 12.3. The molecule has 6 nitrogen and oxygen atoms in total. The fourth-order valence-corrected chi connectivity index (χ4v) is 4.19. The zero-order valence-corrected chi connectivity index (χ0v) is 18.2. The largest absolute Gasteiger partial charge is 0.486 e. The predicted molar refractivity (Wildman–Crippen MR) is 117 cm³/mol. The van der Waals surface area contributed by atoms with Crippen molar-refractivity contribution in [1.82, 2.24) is 10.2 Å². The molecule has 7 heteroatoms. The molecule has 1 fully saturated rings. The number of fused-ring (bicyclic) bond motifs is 1. The lowest BCUT2D eigenvalue weighted by Gasteiger charge is -2.22. The fraction of sp³-hybridized carbons (Fsp3) is 0.409. The molecule has 2 aliphatic heterocycles. The van der Waals surface area contributed by atoms with Crippen LogP contribution in [0.15, 0.2) is 46.9 Å². The van der Waals surface area contributed by atoms with E-state index in [-0.39, 0.29) is 6.03 Å². The second-order valence-corrected chi connectivity index (χ2v) is 8.52. The topological polar surface area (TPSA) is 54.0 Å². The van der Waals surface area contributed by atoms with Crippen LogP contribution in [-0.4, -0.2) is 50.8 Å². The maximum Gasteiger partial charge on any atom is 0.317 e. The van der Waals surface area contributed by atoms with E-state index in [0.717, 1.165) is 41.0 Å². The number of carbonyl (C=O) groups is 1. The van der Waals surface area contributed by atoms with Gasteiger partial charge in [0.2, 0.25) is 0 Å². The van der Waals surface area contributed by atoms with Crippen molar-refractivity contribution >= 4 is 27.6 Å². The Labute approximate surface area is 179 Å². The van der Waals surface area contributed by atoms with Crippen molar-refractivity contribution in [3.8, 4) is 11.5 Å². The van der Waals surface area contributed by atoms with E-state index in [1.54, 1.807) is 4.90 Å². The molecule has 0 radical (unpaired) electrons. The van der Waals surface area contributed by atoms with Gasteiger partial charge in [-0.1, -0.05) is 28.1 Å². The van der Waals surface area contributed by atoms with E-state index in [2.05, 4.69) is 44.3 Å². The second kappa shape index (κ2) is 8.95. The van der Waals surface area contributed by atoms with Crippen molar-refractivity contribution < 1.29 is 14.3 Å². The third kappa shape index (κ3) is 4.96. The first-order valence-corrected chi connectivity index (χ1v) is 10.8. The molecular formula is C22H26BrN3O3. The Morgan fingerprint density at radius 1 is 1.21 bits per heavy atom. The van der Waals surface area contributed by atoms with Gasteiger partial charge in [0.25, 0.3) is 0 Å². The molecule has 0 aliphatic carbocycles. The minimum absolute atomic E-state index is 0.0548. The number of halogens is 1. The highest BCUT2D eigenvalue weighted by Crippen LogP contribution is 2.31. The number of hydrogen-bond donors (Lipinski definition) is 1. The molecule has 2 amide bonds. The maximum atomic E-state index is 12.5. The highest BCUT2D eigenvalue weighted by Gasteiger charge is 2.24. The number of rotatable bonds is 5. The van der Waals surface area contributed by atoms with Gasteiger partial charge >= 0.3 is 6.03 Å². The molecule has 0 aromatic heterocycles. The van der Waals surface area contributed by atoms with Gasteiger partial charge in [-0.25, -0.2) is 4.79 Å². The van der Waals surface area contributed by atoms with Crippen LogP contribution in [0.3, 0.4) is 0 Å². The molecule has 1 atom stereocenters. The Morgan fingerprint density at radius 2 is 2.03 bits per heavy atom. The molecule has 0 spiro atoms. The lowest BCUT2D eigenvalue weighted by molar-refractivity contribution is 0.171. The number of urea groups is 1. The fourth-order valence-electron chi connectivity index (χ4n) is 3.80. The quantitative estimate of drug-likeness (QED) is 0.736. The number of hydrogen-bond acceptors (Lipinski definition) is 4. The van der Waals surface area contributed by atoms with Crippen LogP contribution < -0.4 is 19.7 Å². The van der Waals surface area contributed by atoms with Crippen LogP contribution in [0.25, 0.3) is 0 Å². The summed E-state index contributed by atoms with van der Waals surface area (Å²) in [5.74, 6) is 1.98. The van der Waals surface area contributed by atoms with Crippen molar-refractivity contribution in [1.29, 1.82) is 0 Å². The zero-order chi connectivity index (χ0) is 20.2. The summed E-state index contributed by atoms with van der Waals surface area (Å²) in [6.45, 7) is 4.33. The number of carbonyl (C=O) groups excluding carboxylic acids is 1. The summed E-state index contributed by atoms with van der Waals surface area (Å²) >= 11 is 3.53. The van der Waals surface area contributed by atoms with Crippen molar-refractivity contribution in [3.63, 3.8) is 0 Å². The minimum Gasteiger partial charge on any atom is -0.486 e. The van der Waals surface area contributed by atoms with Crippen LogP contribution in [0.5, 0.6) is 11.5 Å². The molecule has 1 N–H and O–H groups in total. The van der Waals surface area contributed by atoms with Crippen molar-refractivity contribution in [2.24, 2.45) is 5.92 Å². The molecule has 154 valence electrons. The number of nitrogens with zero attached hydrogens (tertiary/aromatic N) is 2. The van der Waals surface area contributed by atoms with Gasteiger partial charge in [-0.15, -0.1) is 0 Å². The second-order valence-electron chi connectivity index (χ2n) is 7.60. The van der Waals surface area contributed by atoms with Gasteiger partial charge in [0, 0.05) is 43.4 Å². The number of benzene rings is 2. The summed E-state index contributed by atoms with van der Waals surface area (Å²) in [5.41, 5.74) is 2.25. The monoisotopic (exact) mass is 459 g/mol. The number of ether oxygens (including phenoxy) is 2. The molecule has 4 rings (SSSR count). The summed E-state index contributed by atoms with van der Waals surface area (Å²) in [4.78, 5) is 16.6. The first-order chi connectivity index (χ1) is 14.1. The minimum atomic E-state index is -0.0548. The van der Waals surface area contributed by atoms with Gasteiger partial charge in [-0.3, -0.25) is 0 Å². The van der Waals surface area contributed by atoms with Crippen molar-refractivity contribution in [2.75, 3.05) is 44.8 Å². The molecule has 2 aromatic rings. The smallest absolute Gasteiger partial charge is 0.317 e. The average Bonchev–Trinajstić information content (AvgIpc) is 3.21. The normalized spacial score (nSPS) is 17.9. The van der Waals surface area contributed by atoms with E-state index >= 15 is 0 Å². The van der Waals surface area contributed by atoms with Gasteiger partial charge in [-0.2, -0.15) is 0 Å². The lowest BCUT2D eigenvalue weighted by atomic mass is 10.1. The van der Waals surface area contributed by atoms with Crippen LogP contribution in [0, 0.1) is 5.92 Å². The Bertz CT molecular complexity index is 876. The molecule has 2 heterocycles. The van der Waals surface area contributed by atoms with Gasteiger partial charge < -0.3 is 24.6 Å². The summed E-state index contributed by atoms with van der Waals surface area (Å²) in [5, 5.41) is 3.09. The molecule has 1 saturated heterocycles. The van der Waals surface area contributed by atoms with Gasteiger partial charge in [-0.05, 0) is 48.2 Å². The number of amides is 2. The average molecular weight is 460 g/mol. The third-order valence-electron chi connectivity index (χ3n) is 5.37. The Morgan fingerprint density at radius 3 is 2.86 bits per heavy atom. The third-order valence-corrected chi connectivity index (χ3v) is 5.87. The Hall–Kier alpha value is -2.41. The molecule has 2 aliphatic rings. The Kier molecular flexibility index (Phi) is 6.13. The molecule has 2 aromatic carbocycles. The van der Waals surface area contributed by atoms with Crippen LogP contribution in [-0.2, 0) is 6.54 Å². The van der Waals surface area contributed by atoms with E-state index in [4.69, 9.17) is 9.47 Å². The van der Waals surface area contributed by atoms with Crippen LogP contribution in [0.2, 0.25) is 0 Å². The molecular weight excluding hydrogens is 434 g/mol. The summed E-state index contributed by atoms with van der Waals surface area (Å²) in [6.07, 6.45) is 1.08. The number of nitrogens with one attached hydrogen (secondary N) is 1. The first kappa shape index (κ1) is 19.9. The van der Waals surface area contributed by atoms with Gasteiger partial charge in [0.05, 0.1) is 0 Å². The Balaban J connectivity index is 1.25. The first-order valence-electron chi connectivity index (χ1n) is 9.96. The van der Waals surface area contributed by atoms with Crippen molar-refractivity contribution in [3.05, 3.63) is 52.5 Å². The van der Waals surface area contributed by atoms with Crippen LogP contribution >= 0.6 is 15.9 Å². The predicted octanol–water partition coefficient (Wildman–Crippen LogP) is 3.89. The summed E-state index contributed by atoms with van der Waals surface area (Å²) in [7, 11) is 1.81. The molecule has 0 bridgehead atoms. The highest BCUT2D eigenvalue weighted by atomic mass is 79.9. The number of anilines is 1. The summed E-state index contributed by atoms with van der Waals surface area (Å²) in [6, 6.07) is 14.1. The highest BCUT2D eigenvalue weighted by molar-refractivity contribution is 9.10. The van der Waals surface area contributed by atoms with Crippen molar-refractivity contribution in [2.45, 2.75) is 13.0 Å².